The van der Waals surface area contributed by atoms with E-state index >= 15 is 0 Å². The number of hydrogen-bond acceptors (Lipinski definition) is 6. The van der Waals surface area contributed by atoms with E-state index in [4.69, 9.17) is 4.74 Å². The summed E-state index contributed by atoms with van der Waals surface area (Å²) < 4.78 is 78.3. The van der Waals surface area contributed by atoms with Crippen LogP contribution in [0.1, 0.15) is 38.7 Å². The summed E-state index contributed by atoms with van der Waals surface area (Å²) in [5.74, 6) is 0.204. The Hall–Kier alpha value is -3.46. The van der Waals surface area contributed by atoms with Gasteiger partial charge in [-0.25, -0.2) is 13.2 Å². The quantitative estimate of drug-likeness (QED) is 0.519. The Labute approximate surface area is 213 Å². The topological polar surface area (TPSA) is 109 Å². The molecule has 1 aliphatic heterocycles. The molecule has 4 rings (SSSR count). The fourth-order valence-electron chi connectivity index (χ4n) is 3.94. The van der Waals surface area contributed by atoms with Gasteiger partial charge >= 0.3 is 12.3 Å². The number of aryl methyl sites for hydroxylation is 1. The molecule has 1 fully saturated rings. The standard InChI is InChI=1S/C25H26F3N3O5S/c1-16-4-7-19(8-5-16)37(33,34)31-14-18(13-24(15-29)10-11-24)35-21-9-6-17(12-20(21)31)30-22(32)36-23(2,3)25(26,27)28/h4-9,12,18H,10-11,13-14H2,1-3H3,(H,30,32). The van der Waals surface area contributed by atoms with Crippen molar-refractivity contribution in [3.63, 3.8) is 0 Å². The van der Waals surface area contributed by atoms with Crippen molar-refractivity contribution in [1.29, 1.82) is 5.26 Å². The van der Waals surface area contributed by atoms with Crippen molar-refractivity contribution in [2.75, 3.05) is 16.2 Å². The minimum absolute atomic E-state index is 0.0172. The third kappa shape index (κ3) is 5.46. The number of anilines is 2. The second-order valence-corrected chi connectivity index (χ2v) is 11.8. The van der Waals surface area contributed by atoms with Gasteiger partial charge < -0.3 is 9.47 Å². The Morgan fingerprint density at radius 3 is 2.43 bits per heavy atom. The molecule has 0 saturated heterocycles. The molecule has 1 N–H and O–H groups in total. The van der Waals surface area contributed by atoms with Crippen molar-refractivity contribution in [1.82, 2.24) is 0 Å². The average Bonchev–Trinajstić information content (AvgIpc) is 3.57. The highest BCUT2D eigenvalue weighted by molar-refractivity contribution is 7.92. The summed E-state index contributed by atoms with van der Waals surface area (Å²) in [6.07, 6.45) is -4.97. The van der Waals surface area contributed by atoms with Crippen molar-refractivity contribution in [3.05, 3.63) is 48.0 Å². The Balaban J connectivity index is 1.66. The molecule has 2 aliphatic rings. The zero-order valence-electron chi connectivity index (χ0n) is 20.4. The van der Waals surface area contributed by atoms with E-state index in [1.54, 1.807) is 12.1 Å². The monoisotopic (exact) mass is 537 g/mol. The van der Waals surface area contributed by atoms with Crippen LogP contribution >= 0.6 is 0 Å². The number of alkyl halides is 3. The van der Waals surface area contributed by atoms with E-state index in [2.05, 4.69) is 16.1 Å². The number of halogens is 3. The van der Waals surface area contributed by atoms with E-state index in [-0.39, 0.29) is 28.6 Å². The number of amides is 1. The maximum Gasteiger partial charge on any atom is 0.427 e. The molecular formula is C25H26F3N3O5S. The molecule has 0 radical (unpaired) electrons. The molecule has 37 heavy (non-hydrogen) atoms. The van der Waals surface area contributed by atoms with Crippen molar-refractivity contribution >= 4 is 27.5 Å². The van der Waals surface area contributed by atoms with E-state index in [0.717, 1.165) is 23.7 Å². The first-order valence-electron chi connectivity index (χ1n) is 11.5. The lowest BCUT2D eigenvalue weighted by Crippen LogP contribution is -2.45. The zero-order chi connectivity index (χ0) is 27.2. The van der Waals surface area contributed by atoms with Crippen molar-refractivity contribution in [3.8, 4) is 11.8 Å². The van der Waals surface area contributed by atoms with Crippen LogP contribution in [0.4, 0.5) is 29.3 Å². The largest absolute Gasteiger partial charge is 0.486 e. The summed E-state index contributed by atoms with van der Waals surface area (Å²) in [6, 6.07) is 12.7. The molecule has 8 nitrogen and oxygen atoms in total. The third-order valence-electron chi connectivity index (χ3n) is 6.49. The summed E-state index contributed by atoms with van der Waals surface area (Å²) in [5.41, 5.74) is -2.29. The van der Waals surface area contributed by atoms with Gasteiger partial charge in [0, 0.05) is 12.1 Å². The molecule has 198 valence electrons. The van der Waals surface area contributed by atoms with E-state index < -0.39 is 39.4 Å². The predicted molar refractivity (Wildman–Crippen MR) is 129 cm³/mol. The first-order chi connectivity index (χ1) is 17.2. The summed E-state index contributed by atoms with van der Waals surface area (Å²) >= 11 is 0. The van der Waals surface area contributed by atoms with E-state index in [1.165, 1.54) is 30.3 Å². The number of nitrogens with zero attached hydrogens (tertiary/aromatic N) is 2. The number of sulfonamides is 1. The molecule has 12 heteroatoms. The van der Waals surface area contributed by atoms with Crippen LogP contribution in [-0.4, -0.2) is 38.9 Å². The van der Waals surface area contributed by atoms with E-state index in [0.29, 0.717) is 19.3 Å². The summed E-state index contributed by atoms with van der Waals surface area (Å²) in [6.45, 7) is 3.18. The average molecular weight is 538 g/mol. The van der Waals surface area contributed by atoms with Crippen LogP contribution in [0.3, 0.4) is 0 Å². The Morgan fingerprint density at radius 1 is 1.22 bits per heavy atom. The first-order valence-corrected chi connectivity index (χ1v) is 13.0. The lowest BCUT2D eigenvalue weighted by atomic mass is 9.99. The molecule has 1 heterocycles. The van der Waals surface area contributed by atoms with Gasteiger partial charge in [-0.1, -0.05) is 17.7 Å². The Bertz CT molecular complexity index is 1350. The van der Waals surface area contributed by atoms with Gasteiger partial charge in [0.05, 0.1) is 28.6 Å². The lowest BCUT2D eigenvalue weighted by molar-refractivity contribution is -0.242. The number of carbonyl (C=O) groups excluding carboxylic acids is 1. The van der Waals surface area contributed by atoms with Gasteiger partial charge in [0.15, 0.2) is 0 Å². The molecule has 0 aromatic heterocycles. The number of benzene rings is 2. The molecule has 1 unspecified atom stereocenters. The van der Waals surface area contributed by atoms with Crippen LogP contribution < -0.4 is 14.4 Å². The number of hydrogen-bond donors (Lipinski definition) is 1. The molecule has 0 bridgehead atoms. The first kappa shape index (κ1) is 26.6. The zero-order valence-corrected chi connectivity index (χ0v) is 21.2. The normalized spacial score (nSPS) is 18.7. The van der Waals surface area contributed by atoms with Crippen LogP contribution in [0.5, 0.6) is 5.75 Å². The maximum atomic E-state index is 13.7. The fraction of sp³-hybridized carbons (Fsp3) is 0.440. The van der Waals surface area contributed by atoms with Gasteiger partial charge in [0.25, 0.3) is 10.0 Å². The second kappa shape index (κ2) is 9.13. The summed E-state index contributed by atoms with van der Waals surface area (Å²) in [7, 11) is -4.08. The second-order valence-electron chi connectivity index (χ2n) is 9.89. The molecule has 0 spiro atoms. The lowest BCUT2D eigenvalue weighted by Gasteiger charge is -2.36. The van der Waals surface area contributed by atoms with Gasteiger partial charge in [-0.2, -0.15) is 18.4 Å². The SMILES string of the molecule is Cc1ccc(S(=O)(=O)N2CC(CC3(C#N)CC3)Oc3ccc(NC(=O)OC(C)(C)C(F)(F)F)cc32)cc1. The van der Waals surface area contributed by atoms with Gasteiger partial charge in [0.2, 0.25) is 5.60 Å². The third-order valence-corrected chi connectivity index (χ3v) is 8.28. The van der Waals surface area contributed by atoms with Crippen LogP contribution in [0, 0.1) is 23.7 Å². The van der Waals surface area contributed by atoms with Gasteiger partial charge in [-0.15, -0.1) is 0 Å². The summed E-state index contributed by atoms with van der Waals surface area (Å²) in [5, 5.41) is 11.7. The van der Waals surface area contributed by atoms with Crippen LogP contribution in [-0.2, 0) is 14.8 Å². The van der Waals surface area contributed by atoms with Gasteiger partial charge in [-0.05, 0) is 63.9 Å². The number of carbonyl (C=O) groups is 1. The number of ether oxygens (including phenoxy) is 2. The molecule has 2 aromatic rings. The van der Waals surface area contributed by atoms with Crippen molar-refractivity contribution < 1.29 is 35.9 Å². The highest BCUT2D eigenvalue weighted by Gasteiger charge is 2.51. The molecule has 1 aliphatic carbocycles. The highest BCUT2D eigenvalue weighted by atomic mass is 32.2. The molecule has 2 aromatic carbocycles. The van der Waals surface area contributed by atoms with Gasteiger partial charge in [0.1, 0.15) is 11.9 Å². The molecule has 1 saturated carbocycles. The van der Waals surface area contributed by atoms with Crippen LogP contribution in [0.2, 0.25) is 0 Å². The van der Waals surface area contributed by atoms with E-state index in [9.17, 15) is 31.6 Å². The number of nitrogens with one attached hydrogen (secondary N) is 1. The fourth-order valence-corrected chi connectivity index (χ4v) is 5.44. The minimum atomic E-state index is -4.79. The molecule has 1 amide bonds. The van der Waals surface area contributed by atoms with E-state index in [1.807, 2.05) is 6.92 Å². The van der Waals surface area contributed by atoms with Crippen LogP contribution in [0.25, 0.3) is 0 Å². The maximum absolute atomic E-state index is 13.7. The smallest absolute Gasteiger partial charge is 0.427 e. The van der Waals surface area contributed by atoms with Crippen molar-refractivity contribution in [2.45, 2.75) is 62.8 Å². The Morgan fingerprint density at radius 2 is 1.86 bits per heavy atom. The van der Waals surface area contributed by atoms with Crippen molar-refractivity contribution in [2.24, 2.45) is 5.41 Å². The number of rotatable bonds is 6. The predicted octanol–water partition coefficient (Wildman–Crippen LogP) is 5.53. The molecule has 1 atom stereocenters. The Kier molecular flexibility index (Phi) is 6.56. The van der Waals surface area contributed by atoms with Gasteiger partial charge in [-0.3, -0.25) is 9.62 Å². The van der Waals surface area contributed by atoms with Crippen LogP contribution in [0.15, 0.2) is 47.4 Å². The number of fused-ring (bicyclic) bond motifs is 1. The molecular weight excluding hydrogens is 511 g/mol. The minimum Gasteiger partial charge on any atom is -0.486 e. The highest BCUT2D eigenvalue weighted by Crippen LogP contribution is 2.51. The number of nitriles is 1. The summed E-state index contributed by atoms with van der Waals surface area (Å²) in [4.78, 5) is 12.2.